The number of hydrogen-bond acceptors (Lipinski definition) is 5. The number of halogens is 1. The number of phenols is 1. The fourth-order valence-electron chi connectivity index (χ4n) is 2.31. The number of aromatic nitrogens is 4. The number of phenolic OH excluding ortho intramolecular Hbond substituents is 1. The molecule has 0 bridgehead atoms. The van der Waals surface area contributed by atoms with Crippen LogP contribution >= 0.6 is 22.9 Å². The van der Waals surface area contributed by atoms with Crippen LogP contribution in [-0.2, 0) is 0 Å². The maximum atomic E-state index is 9.47. The Bertz CT molecular complexity index is 793. The molecule has 4 rings (SSSR count). The molecule has 0 atom stereocenters. The second-order valence-corrected chi connectivity index (χ2v) is 6.32. The lowest BCUT2D eigenvalue weighted by Gasteiger charge is -2.22. The first-order chi connectivity index (χ1) is 9.72. The molecule has 5 nitrogen and oxygen atoms in total. The van der Waals surface area contributed by atoms with Crippen LogP contribution in [0.2, 0.25) is 5.02 Å². The number of rotatable bonds is 2. The quantitative estimate of drug-likeness (QED) is 0.787. The van der Waals surface area contributed by atoms with E-state index >= 15 is 0 Å². The zero-order valence-corrected chi connectivity index (χ0v) is 12.0. The maximum absolute atomic E-state index is 9.47. The van der Waals surface area contributed by atoms with Crippen molar-refractivity contribution in [3.05, 3.63) is 29.0 Å². The molecule has 3 aromatic rings. The van der Waals surface area contributed by atoms with Crippen molar-refractivity contribution in [3.63, 3.8) is 0 Å². The van der Waals surface area contributed by atoms with E-state index in [9.17, 15) is 5.11 Å². The molecule has 0 aliphatic heterocycles. The number of aromatic hydroxyl groups is 1. The highest BCUT2D eigenvalue weighted by molar-refractivity contribution is 7.19. The lowest BCUT2D eigenvalue weighted by molar-refractivity contribution is 0.395. The molecule has 0 radical (unpaired) electrons. The predicted molar refractivity (Wildman–Crippen MR) is 77.4 cm³/mol. The van der Waals surface area contributed by atoms with E-state index in [0.29, 0.717) is 10.9 Å². The summed E-state index contributed by atoms with van der Waals surface area (Å²) in [5.74, 6) is 1.52. The van der Waals surface area contributed by atoms with E-state index in [1.807, 2.05) is 4.52 Å². The summed E-state index contributed by atoms with van der Waals surface area (Å²) in [5, 5.41) is 23.6. The predicted octanol–water partition coefficient (Wildman–Crippen LogP) is 3.48. The Hall–Kier alpha value is -1.66. The van der Waals surface area contributed by atoms with Gasteiger partial charge < -0.3 is 5.11 Å². The first kappa shape index (κ1) is 12.1. The van der Waals surface area contributed by atoms with Crippen LogP contribution in [0.15, 0.2) is 18.2 Å². The zero-order chi connectivity index (χ0) is 13.7. The Morgan fingerprint density at radius 3 is 2.85 bits per heavy atom. The highest BCUT2D eigenvalue weighted by Gasteiger charge is 2.26. The van der Waals surface area contributed by atoms with Gasteiger partial charge in [0.2, 0.25) is 4.96 Å². The van der Waals surface area contributed by atoms with Gasteiger partial charge >= 0.3 is 0 Å². The molecule has 20 heavy (non-hydrogen) atoms. The van der Waals surface area contributed by atoms with Crippen molar-refractivity contribution >= 4 is 27.9 Å². The van der Waals surface area contributed by atoms with E-state index in [1.165, 1.54) is 30.6 Å². The molecule has 0 amide bonds. The Labute approximate surface area is 123 Å². The van der Waals surface area contributed by atoms with Crippen LogP contribution in [0.1, 0.15) is 31.0 Å². The van der Waals surface area contributed by atoms with Gasteiger partial charge in [0.1, 0.15) is 10.8 Å². The minimum atomic E-state index is 0.0774. The summed E-state index contributed by atoms with van der Waals surface area (Å²) in [5.41, 5.74) is 0.878. The van der Waals surface area contributed by atoms with Gasteiger partial charge in [-0.15, -0.1) is 10.2 Å². The smallest absolute Gasteiger partial charge is 0.234 e. The summed E-state index contributed by atoms with van der Waals surface area (Å²) >= 11 is 7.42. The molecule has 1 saturated carbocycles. The van der Waals surface area contributed by atoms with Crippen LogP contribution in [0.25, 0.3) is 15.5 Å². The van der Waals surface area contributed by atoms with Gasteiger partial charge in [-0.2, -0.15) is 9.61 Å². The average molecular weight is 307 g/mol. The standard InChI is InChI=1S/C13H11ClN4OS/c14-9-6-8(4-5-10(9)19)12-17-18-11(7-2-1-3-7)15-16-13(18)20-12/h4-7,19H,1-3H2. The molecular weight excluding hydrogens is 296 g/mol. The van der Waals surface area contributed by atoms with Gasteiger partial charge in [-0.1, -0.05) is 29.4 Å². The molecule has 0 spiro atoms. The Kier molecular flexibility index (Phi) is 2.68. The van der Waals surface area contributed by atoms with Crippen LogP contribution < -0.4 is 0 Å². The van der Waals surface area contributed by atoms with Crippen molar-refractivity contribution in [2.45, 2.75) is 25.2 Å². The molecule has 2 aromatic heterocycles. The monoisotopic (exact) mass is 306 g/mol. The van der Waals surface area contributed by atoms with Crippen LogP contribution in [0.5, 0.6) is 5.75 Å². The summed E-state index contributed by atoms with van der Waals surface area (Å²) < 4.78 is 1.84. The highest BCUT2D eigenvalue weighted by atomic mass is 35.5. The summed E-state index contributed by atoms with van der Waals surface area (Å²) in [6, 6.07) is 5.09. The molecule has 0 saturated heterocycles. The number of hydrogen-bond donors (Lipinski definition) is 1. The molecule has 2 heterocycles. The van der Waals surface area contributed by atoms with Gasteiger partial charge in [0.15, 0.2) is 5.82 Å². The SMILES string of the molecule is Oc1ccc(-c2nn3c(C4CCC4)nnc3s2)cc1Cl. The van der Waals surface area contributed by atoms with Crippen molar-refractivity contribution < 1.29 is 5.11 Å². The molecule has 1 aliphatic carbocycles. The van der Waals surface area contributed by atoms with Crippen molar-refractivity contribution in [3.8, 4) is 16.3 Å². The number of nitrogens with zero attached hydrogens (tertiary/aromatic N) is 4. The summed E-state index contributed by atoms with van der Waals surface area (Å²) in [4.78, 5) is 0.797. The molecule has 7 heteroatoms. The fraction of sp³-hybridized carbons (Fsp3) is 0.308. The van der Waals surface area contributed by atoms with Crippen molar-refractivity contribution in [1.82, 2.24) is 19.8 Å². The molecule has 1 fully saturated rings. The van der Waals surface area contributed by atoms with Crippen molar-refractivity contribution in [2.75, 3.05) is 0 Å². The molecule has 0 unspecified atom stereocenters. The van der Waals surface area contributed by atoms with Crippen molar-refractivity contribution in [2.24, 2.45) is 0 Å². The van der Waals surface area contributed by atoms with Gasteiger partial charge in [-0.05, 0) is 31.0 Å². The van der Waals surface area contributed by atoms with Crippen LogP contribution in [0.3, 0.4) is 0 Å². The Balaban J connectivity index is 1.80. The minimum absolute atomic E-state index is 0.0774. The normalized spacial score (nSPS) is 15.7. The summed E-state index contributed by atoms with van der Waals surface area (Å²) in [6.45, 7) is 0. The van der Waals surface area contributed by atoms with E-state index in [-0.39, 0.29) is 5.75 Å². The third kappa shape index (κ3) is 1.79. The van der Waals surface area contributed by atoms with Crippen LogP contribution in [0, 0.1) is 0 Å². The third-order valence-electron chi connectivity index (χ3n) is 3.68. The number of fused-ring (bicyclic) bond motifs is 1. The second-order valence-electron chi connectivity index (χ2n) is 4.95. The minimum Gasteiger partial charge on any atom is -0.506 e. The van der Waals surface area contributed by atoms with E-state index < -0.39 is 0 Å². The third-order valence-corrected chi connectivity index (χ3v) is 4.93. The maximum Gasteiger partial charge on any atom is 0.234 e. The Morgan fingerprint density at radius 1 is 1.30 bits per heavy atom. The number of benzene rings is 1. The lowest BCUT2D eigenvalue weighted by Crippen LogP contribution is -2.12. The van der Waals surface area contributed by atoms with Crippen molar-refractivity contribution in [1.29, 1.82) is 0 Å². The van der Waals surface area contributed by atoms with Crippen LogP contribution in [-0.4, -0.2) is 24.9 Å². The van der Waals surface area contributed by atoms with Gasteiger partial charge in [0, 0.05) is 11.5 Å². The van der Waals surface area contributed by atoms with Crippen LogP contribution in [0.4, 0.5) is 0 Å². The molecular formula is C13H11ClN4OS. The second kappa shape index (κ2) is 4.43. The Morgan fingerprint density at radius 2 is 2.15 bits per heavy atom. The van der Waals surface area contributed by atoms with E-state index in [0.717, 1.165) is 21.4 Å². The first-order valence-electron chi connectivity index (χ1n) is 6.43. The van der Waals surface area contributed by atoms with Gasteiger partial charge in [0.05, 0.1) is 5.02 Å². The summed E-state index contributed by atoms with van der Waals surface area (Å²) in [7, 11) is 0. The van der Waals surface area contributed by atoms with E-state index in [2.05, 4.69) is 15.3 Å². The van der Waals surface area contributed by atoms with Gasteiger partial charge in [-0.25, -0.2) is 0 Å². The summed E-state index contributed by atoms with van der Waals surface area (Å²) in [6.07, 6.45) is 3.58. The largest absolute Gasteiger partial charge is 0.506 e. The highest BCUT2D eigenvalue weighted by Crippen LogP contribution is 2.37. The molecule has 102 valence electrons. The molecule has 1 aliphatic rings. The lowest BCUT2D eigenvalue weighted by atomic mass is 9.85. The first-order valence-corrected chi connectivity index (χ1v) is 7.63. The van der Waals surface area contributed by atoms with Gasteiger partial charge in [-0.3, -0.25) is 0 Å². The van der Waals surface area contributed by atoms with Gasteiger partial charge in [0.25, 0.3) is 0 Å². The molecule has 1 N–H and O–H groups in total. The fourth-order valence-corrected chi connectivity index (χ4v) is 3.33. The molecule has 1 aromatic carbocycles. The van der Waals surface area contributed by atoms with E-state index in [1.54, 1.807) is 18.2 Å². The topological polar surface area (TPSA) is 63.3 Å². The average Bonchev–Trinajstić information content (AvgIpc) is 2.93. The van der Waals surface area contributed by atoms with E-state index in [4.69, 9.17) is 11.6 Å². The zero-order valence-electron chi connectivity index (χ0n) is 10.5.